The highest BCUT2D eigenvalue weighted by Crippen LogP contribution is 2.09. The van der Waals surface area contributed by atoms with E-state index < -0.39 is 6.04 Å². The van der Waals surface area contributed by atoms with Crippen LogP contribution in [0.1, 0.15) is 11.3 Å². The number of aromatic nitrogens is 1. The predicted octanol–water partition coefficient (Wildman–Crippen LogP) is 2.61. The topological polar surface area (TPSA) is 68.5 Å². The number of carbonyl (C=O) groups is 1. The number of rotatable bonds is 8. The molecule has 1 unspecified atom stereocenters. The van der Waals surface area contributed by atoms with Crippen molar-refractivity contribution in [1.29, 1.82) is 0 Å². The maximum Gasteiger partial charge on any atom is 0.242 e. The highest BCUT2D eigenvalue weighted by Gasteiger charge is 2.21. The SMILES string of the molecule is COCC(N)C(=O)N(CCc1ccccn1)Cc1ccc(F)cc1.Cl.Cl. The summed E-state index contributed by atoms with van der Waals surface area (Å²) in [7, 11) is 1.51. The predicted molar refractivity (Wildman–Crippen MR) is 104 cm³/mol. The lowest BCUT2D eigenvalue weighted by Crippen LogP contribution is -2.46. The first-order valence-corrected chi connectivity index (χ1v) is 7.78. The molecule has 26 heavy (non-hydrogen) atoms. The van der Waals surface area contributed by atoms with Crippen molar-refractivity contribution in [1.82, 2.24) is 9.88 Å². The molecule has 2 N–H and O–H groups in total. The van der Waals surface area contributed by atoms with Crippen LogP contribution in [0.2, 0.25) is 0 Å². The molecule has 1 aromatic heterocycles. The van der Waals surface area contributed by atoms with Crippen molar-refractivity contribution in [3.8, 4) is 0 Å². The number of nitrogens with two attached hydrogens (primary N) is 1. The van der Waals surface area contributed by atoms with Gasteiger partial charge in [0.1, 0.15) is 11.9 Å². The summed E-state index contributed by atoms with van der Waals surface area (Å²) in [5, 5.41) is 0. The van der Waals surface area contributed by atoms with E-state index in [2.05, 4.69) is 4.98 Å². The molecular weight excluding hydrogens is 380 g/mol. The molecule has 1 atom stereocenters. The number of amides is 1. The number of halogens is 3. The molecular formula is C18H24Cl2FN3O2. The van der Waals surface area contributed by atoms with Crippen LogP contribution in [0.4, 0.5) is 4.39 Å². The molecule has 1 heterocycles. The fraction of sp³-hybridized carbons (Fsp3) is 0.333. The van der Waals surface area contributed by atoms with E-state index in [1.807, 2.05) is 18.2 Å². The Balaban J connectivity index is 0.00000312. The molecule has 1 amide bonds. The molecule has 0 radical (unpaired) electrons. The van der Waals surface area contributed by atoms with Crippen LogP contribution in [0.25, 0.3) is 0 Å². The lowest BCUT2D eigenvalue weighted by Gasteiger charge is -2.25. The van der Waals surface area contributed by atoms with Crippen LogP contribution >= 0.6 is 24.8 Å². The number of pyridine rings is 1. The summed E-state index contributed by atoms with van der Waals surface area (Å²) in [5.41, 5.74) is 7.62. The van der Waals surface area contributed by atoms with Gasteiger partial charge < -0.3 is 15.4 Å². The highest BCUT2D eigenvalue weighted by molar-refractivity contribution is 5.85. The van der Waals surface area contributed by atoms with Gasteiger partial charge >= 0.3 is 0 Å². The minimum Gasteiger partial charge on any atom is -0.383 e. The Labute approximate surface area is 165 Å². The number of carbonyl (C=O) groups excluding carboxylic acids is 1. The number of nitrogens with zero attached hydrogens (tertiary/aromatic N) is 2. The molecule has 0 spiro atoms. The molecule has 8 heteroatoms. The largest absolute Gasteiger partial charge is 0.383 e. The molecule has 1 aromatic carbocycles. The second-order valence-electron chi connectivity index (χ2n) is 5.52. The summed E-state index contributed by atoms with van der Waals surface area (Å²) in [5.74, 6) is -0.502. The van der Waals surface area contributed by atoms with E-state index in [0.717, 1.165) is 11.3 Å². The monoisotopic (exact) mass is 403 g/mol. The minimum absolute atomic E-state index is 0. The molecule has 0 bridgehead atoms. The molecule has 2 aromatic rings. The number of methoxy groups -OCH3 is 1. The Morgan fingerprint density at radius 2 is 1.92 bits per heavy atom. The first-order chi connectivity index (χ1) is 11.6. The molecule has 5 nitrogen and oxygen atoms in total. The van der Waals surface area contributed by atoms with E-state index in [-0.39, 0.29) is 43.1 Å². The molecule has 2 rings (SSSR count). The fourth-order valence-corrected chi connectivity index (χ4v) is 2.36. The molecule has 0 aliphatic carbocycles. The van der Waals surface area contributed by atoms with Crippen molar-refractivity contribution in [3.63, 3.8) is 0 Å². The number of benzene rings is 1. The van der Waals surface area contributed by atoms with Crippen molar-refractivity contribution >= 4 is 30.7 Å². The fourth-order valence-electron chi connectivity index (χ4n) is 2.36. The van der Waals surface area contributed by atoms with E-state index >= 15 is 0 Å². The van der Waals surface area contributed by atoms with Gasteiger partial charge in [-0.2, -0.15) is 0 Å². The number of ether oxygens (including phenoxy) is 1. The maximum atomic E-state index is 13.1. The van der Waals surface area contributed by atoms with Gasteiger partial charge in [-0.3, -0.25) is 9.78 Å². The van der Waals surface area contributed by atoms with Crippen LogP contribution in [0, 0.1) is 5.82 Å². The first kappa shape index (κ1) is 24.3. The van der Waals surface area contributed by atoms with Crippen molar-refractivity contribution in [2.45, 2.75) is 19.0 Å². The van der Waals surface area contributed by atoms with Gasteiger partial charge in [0.25, 0.3) is 0 Å². The van der Waals surface area contributed by atoms with Crippen LogP contribution in [-0.4, -0.2) is 42.1 Å². The zero-order chi connectivity index (χ0) is 17.4. The second-order valence-corrected chi connectivity index (χ2v) is 5.52. The standard InChI is InChI=1S/C18H22FN3O2.2ClH/c1-24-13-17(20)18(23)22(11-9-16-4-2-3-10-21-16)12-14-5-7-15(19)8-6-14;;/h2-8,10,17H,9,11-13,20H2,1H3;2*1H. The average Bonchev–Trinajstić information content (AvgIpc) is 2.60. The van der Waals surface area contributed by atoms with E-state index in [0.29, 0.717) is 19.5 Å². The van der Waals surface area contributed by atoms with Crippen molar-refractivity contribution in [2.24, 2.45) is 5.73 Å². The van der Waals surface area contributed by atoms with Gasteiger partial charge in [0.2, 0.25) is 5.91 Å². The molecule has 0 fully saturated rings. The first-order valence-electron chi connectivity index (χ1n) is 7.78. The number of hydrogen-bond donors (Lipinski definition) is 1. The van der Waals surface area contributed by atoms with Crippen molar-refractivity contribution < 1.29 is 13.9 Å². The van der Waals surface area contributed by atoms with E-state index in [9.17, 15) is 9.18 Å². The van der Waals surface area contributed by atoms with Crippen molar-refractivity contribution in [3.05, 3.63) is 65.7 Å². The Kier molecular flexibility index (Phi) is 11.8. The van der Waals surface area contributed by atoms with Gasteiger partial charge in [0.15, 0.2) is 0 Å². The van der Waals surface area contributed by atoms with E-state index in [4.69, 9.17) is 10.5 Å². The third-order valence-electron chi connectivity index (χ3n) is 3.63. The van der Waals surface area contributed by atoms with Crippen LogP contribution < -0.4 is 5.73 Å². The molecule has 0 saturated carbocycles. The molecule has 144 valence electrons. The average molecular weight is 404 g/mol. The number of hydrogen-bond acceptors (Lipinski definition) is 4. The Bertz CT molecular complexity index is 645. The highest BCUT2D eigenvalue weighted by atomic mass is 35.5. The summed E-state index contributed by atoms with van der Waals surface area (Å²) in [6.07, 6.45) is 2.34. The van der Waals surface area contributed by atoms with Crippen LogP contribution in [0.5, 0.6) is 0 Å². The summed E-state index contributed by atoms with van der Waals surface area (Å²) in [6, 6.07) is 11.0. The van der Waals surface area contributed by atoms with Crippen LogP contribution in [0.3, 0.4) is 0 Å². The van der Waals surface area contributed by atoms with Gasteiger partial charge in [0.05, 0.1) is 6.61 Å². The van der Waals surface area contributed by atoms with E-state index in [1.165, 1.54) is 19.2 Å². The van der Waals surface area contributed by atoms with Crippen LogP contribution in [0.15, 0.2) is 48.7 Å². The zero-order valence-corrected chi connectivity index (χ0v) is 16.1. The van der Waals surface area contributed by atoms with Gasteiger partial charge in [-0.05, 0) is 29.8 Å². The maximum absolute atomic E-state index is 13.1. The summed E-state index contributed by atoms with van der Waals surface area (Å²) in [4.78, 5) is 18.5. The van der Waals surface area contributed by atoms with Gasteiger partial charge in [-0.25, -0.2) is 4.39 Å². The Morgan fingerprint density at radius 3 is 2.50 bits per heavy atom. The van der Waals surface area contributed by atoms with Gasteiger partial charge in [-0.15, -0.1) is 24.8 Å². The second kappa shape index (κ2) is 12.6. The Morgan fingerprint density at radius 1 is 1.23 bits per heavy atom. The third-order valence-corrected chi connectivity index (χ3v) is 3.63. The normalized spacial score (nSPS) is 11.0. The minimum atomic E-state index is -0.723. The summed E-state index contributed by atoms with van der Waals surface area (Å²) in [6.45, 7) is 0.996. The zero-order valence-electron chi connectivity index (χ0n) is 14.5. The van der Waals surface area contributed by atoms with Crippen molar-refractivity contribution in [2.75, 3.05) is 20.3 Å². The molecule has 0 aliphatic heterocycles. The van der Waals surface area contributed by atoms with Gasteiger partial charge in [-0.1, -0.05) is 18.2 Å². The molecule has 0 aliphatic rings. The van der Waals surface area contributed by atoms with Crippen LogP contribution in [-0.2, 0) is 22.5 Å². The van der Waals surface area contributed by atoms with Gasteiger partial charge in [0, 0.05) is 38.5 Å². The summed E-state index contributed by atoms with van der Waals surface area (Å²) < 4.78 is 18.0. The quantitative estimate of drug-likeness (QED) is 0.735. The molecule has 0 saturated heterocycles. The summed E-state index contributed by atoms with van der Waals surface area (Å²) >= 11 is 0. The lowest BCUT2D eigenvalue weighted by atomic mass is 10.1. The van der Waals surface area contributed by atoms with E-state index in [1.54, 1.807) is 23.2 Å². The smallest absolute Gasteiger partial charge is 0.242 e. The lowest BCUT2D eigenvalue weighted by molar-refractivity contribution is -0.134. The Hall–Kier alpha value is -1.73. The third kappa shape index (κ3) is 7.66.